The summed E-state index contributed by atoms with van der Waals surface area (Å²) in [5.74, 6) is 0.125. The van der Waals surface area contributed by atoms with Gasteiger partial charge in [-0.2, -0.15) is 0 Å². The standard InChI is InChI=1S/C14H13Br2NOS/c1-2-17(10-6-4-3-5-7-10)9-12(18)11-8-13(15)19-14(11)16/h3-8H,2,9H2,1H3. The van der Waals surface area contributed by atoms with Crippen molar-refractivity contribution in [3.8, 4) is 0 Å². The molecule has 5 heteroatoms. The third-order valence-electron chi connectivity index (χ3n) is 2.79. The minimum Gasteiger partial charge on any atom is -0.364 e. The van der Waals surface area contributed by atoms with Crippen LogP contribution in [0.4, 0.5) is 5.69 Å². The van der Waals surface area contributed by atoms with Crippen molar-refractivity contribution >= 4 is 54.7 Å². The normalized spacial score (nSPS) is 10.5. The van der Waals surface area contributed by atoms with E-state index in [1.165, 1.54) is 11.3 Å². The van der Waals surface area contributed by atoms with Crippen molar-refractivity contribution < 1.29 is 4.79 Å². The van der Waals surface area contributed by atoms with Gasteiger partial charge in [-0.05, 0) is 57.0 Å². The fraction of sp³-hybridized carbons (Fsp3) is 0.214. The lowest BCUT2D eigenvalue weighted by Gasteiger charge is -2.22. The number of rotatable bonds is 5. The Morgan fingerprint density at radius 1 is 1.26 bits per heavy atom. The number of thiophene rings is 1. The number of carbonyl (C=O) groups is 1. The van der Waals surface area contributed by atoms with E-state index < -0.39 is 0 Å². The van der Waals surface area contributed by atoms with E-state index in [1.54, 1.807) is 0 Å². The van der Waals surface area contributed by atoms with Crippen LogP contribution in [0.1, 0.15) is 17.3 Å². The molecule has 0 atom stereocenters. The van der Waals surface area contributed by atoms with Gasteiger partial charge in [-0.15, -0.1) is 11.3 Å². The van der Waals surface area contributed by atoms with Crippen LogP contribution in [-0.2, 0) is 0 Å². The van der Waals surface area contributed by atoms with Crippen LogP contribution in [0.2, 0.25) is 0 Å². The number of para-hydroxylation sites is 1. The largest absolute Gasteiger partial charge is 0.364 e. The molecule has 0 spiro atoms. The molecule has 0 saturated carbocycles. The monoisotopic (exact) mass is 401 g/mol. The van der Waals surface area contributed by atoms with Gasteiger partial charge in [0.2, 0.25) is 0 Å². The summed E-state index contributed by atoms with van der Waals surface area (Å²) in [5.41, 5.74) is 1.81. The third-order valence-corrected chi connectivity index (χ3v) is 5.13. The van der Waals surface area contributed by atoms with Gasteiger partial charge in [0.1, 0.15) is 0 Å². The zero-order chi connectivity index (χ0) is 13.8. The number of benzene rings is 1. The Bertz CT molecular complexity index is 568. The van der Waals surface area contributed by atoms with Gasteiger partial charge in [0.25, 0.3) is 0 Å². The minimum atomic E-state index is 0.125. The highest BCUT2D eigenvalue weighted by Gasteiger charge is 2.16. The molecule has 100 valence electrons. The molecule has 0 aliphatic heterocycles. The van der Waals surface area contributed by atoms with Crippen LogP contribution < -0.4 is 4.90 Å². The van der Waals surface area contributed by atoms with E-state index in [1.807, 2.05) is 36.4 Å². The predicted octanol–water partition coefficient (Wildman–Crippen LogP) is 4.98. The van der Waals surface area contributed by atoms with Crippen molar-refractivity contribution in [3.63, 3.8) is 0 Å². The van der Waals surface area contributed by atoms with E-state index in [0.717, 1.165) is 25.4 Å². The number of carbonyl (C=O) groups excluding carboxylic acids is 1. The first kappa shape index (κ1) is 14.8. The van der Waals surface area contributed by atoms with Crippen LogP contribution in [0.25, 0.3) is 0 Å². The lowest BCUT2D eigenvalue weighted by Crippen LogP contribution is -2.29. The quantitative estimate of drug-likeness (QED) is 0.657. The molecule has 0 bridgehead atoms. The Labute approximate surface area is 133 Å². The molecular formula is C14H13Br2NOS. The second kappa shape index (κ2) is 6.68. The van der Waals surface area contributed by atoms with E-state index in [-0.39, 0.29) is 5.78 Å². The molecule has 19 heavy (non-hydrogen) atoms. The summed E-state index contributed by atoms with van der Waals surface area (Å²) in [6, 6.07) is 11.9. The third kappa shape index (κ3) is 3.68. The molecule has 1 heterocycles. The number of hydrogen-bond acceptors (Lipinski definition) is 3. The second-order valence-electron chi connectivity index (χ2n) is 4.01. The Balaban J connectivity index is 2.15. The predicted molar refractivity (Wildman–Crippen MR) is 88.4 cm³/mol. The zero-order valence-corrected chi connectivity index (χ0v) is 14.4. The van der Waals surface area contributed by atoms with Gasteiger partial charge in [0, 0.05) is 17.8 Å². The van der Waals surface area contributed by atoms with Crippen LogP contribution in [-0.4, -0.2) is 18.9 Å². The molecule has 0 aliphatic rings. The number of ketones is 1. The van der Waals surface area contributed by atoms with E-state index >= 15 is 0 Å². The van der Waals surface area contributed by atoms with Crippen LogP contribution in [0, 0.1) is 0 Å². The van der Waals surface area contributed by atoms with Gasteiger partial charge in [0.15, 0.2) is 5.78 Å². The molecule has 1 aromatic carbocycles. The maximum atomic E-state index is 12.3. The SMILES string of the molecule is CCN(CC(=O)c1cc(Br)sc1Br)c1ccccc1. The fourth-order valence-electron chi connectivity index (χ4n) is 1.81. The summed E-state index contributed by atoms with van der Waals surface area (Å²) in [7, 11) is 0. The summed E-state index contributed by atoms with van der Waals surface area (Å²) < 4.78 is 1.85. The van der Waals surface area contributed by atoms with E-state index in [2.05, 4.69) is 43.7 Å². The highest BCUT2D eigenvalue weighted by molar-refractivity contribution is 9.12. The van der Waals surface area contributed by atoms with Crippen LogP contribution >= 0.6 is 43.2 Å². The molecule has 0 unspecified atom stereocenters. The summed E-state index contributed by atoms with van der Waals surface area (Å²) in [5, 5.41) is 0. The van der Waals surface area contributed by atoms with Crippen LogP contribution in [0.3, 0.4) is 0 Å². The van der Waals surface area contributed by atoms with Crippen molar-refractivity contribution in [2.24, 2.45) is 0 Å². The number of halogens is 2. The smallest absolute Gasteiger partial charge is 0.184 e. The molecule has 0 fully saturated rings. The molecule has 0 N–H and O–H groups in total. The van der Waals surface area contributed by atoms with Gasteiger partial charge in [-0.1, -0.05) is 18.2 Å². The molecule has 0 aliphatic carbocycles. The number of Topliss-reactive ketones (excluding diaryl/α,β-unsaturated/α-hetero) is 1. The molecule has 0 amide bonds. The second-order valence-corrected chi connectivity index (χ2v) is 7.76. The molecule has 1 aromatic heterocycles. The maximum Gasteiger partial charge on any atom is 0.184 e. The molecule has 2 aromatic rings. The first-order valence-electron chi connectivity index (χ1n) is 5.90. The topological polar surface area (TPSA) is 20.3 Å². The van der Waals surface area contributed by atoms with Gasteiger partial charge in [-0.25, -0.2) is 0 Å². The number of anilines is 1. The van der Waals surface area contributed by atoms with Gasteiger partial charge in [0.05, 0.1) is 14.1 Å². The van der Waals surface area contributed by atoms with Crippen LogP contribution in [0.15, 0.2) is 44.0 Å². The first-order valence-corrected chi connectivity index (χ1v) is 8.30. The van der Waals surface area contributed by atoms with Gasteiger partial charge < -0.3 is 4.90 Å². The van der Waals surface area contributed by atoms with Gasteiger partial charge in [-0.3, -0.25) is 4.79 Å². The van der Waals surface area contributed by atoms with E-state index in [0.29, 0.717) is 6.54 Å². The highest BCUT2D eigenvalue weighted by atomic mass is 79.9. The van der Waals surface area contributed by atoms with Crippen molar-refractivity contribution in [2.75, 3.05) is 18.0 Å². The minimum absolute atomic E-state index is 0.125. The average Bonchev–Trinajstić information content (AvgIpc) is 2.76. The fourth-order valence-corrected chi connectivity index (χ4v) is 4.67. The van der Waals surface area contributed by atoms with E-state index in [4.69, 9.17) is 0 Å². The Morgan fingerprint density at radius 3 is 2.47 bits per heavy atom. The Morgan fingerprint density at radius 2 is 1.95 bits per heavy atom. The summed E-state index contributed by atoms with van der Waals surface area (Å²) in [6.07, 6.45) is 0. The number of nitrogens with zero attached hydrogens (tertiary/aromatic N) is 1. The van der Waals surface area contributed by atoms with Crippen LogP contribution in [0.5, 0.6) is 0 Å². The lowest BCUT2D eigenvalue weighted by atomic mass is 10.2. The zero-order valence-electron chi connectivity index (χ0n) is 10.4. The van der Waals surface area contributed by atoms with Crippen molar-refractivity contribution in [2.45, 2.75) is 6.92 Å². The van der Waals surface area contributed by atoms with Crippen molar-refractivity contribution in [1.82, 2.24) is 0 Å². The molecule has 0 radical (unpaired) electrons. The Hall–Kier alpha value is -0.650. The summed E-state index contributed by atoms with van der Waals surface area (Å²) >= 11 is 8.36. The molecule has 2 nitrogen and oxygen atoms in total. The van der Waals surface area contributed by atoms with Crippen molar-refractivity contribution in [1.29, 1.82) is 0 Å². The lowest BCUT2D eigenvalue weighted by molar-refractivity contribution is 0.0999. The van der Waals surface area contributed by atoms with Crippen molar-refractivity contribution in [3.05, 3.63) is 49.5 Å². The molecule has 2 rings (SSSR count). The Kier molecular flexibility index (Phi) is 5.19. The maximum absolute atomic E-state index is 12.3. The number of likely N-dealkylation sites (N-methyl/N-ethyl adjacent to an activating group) is 1. The van der Waals surface area contributed by atoms with E-state index in [9.17, 15) is 4.79 Å². The summed E-state index contributed by atoms with van der Waals surface area (Å²) in [6.45, 7) is 3.25. The number of hydrogen-bond donors (Lipinski definition) is 0. The highest BCUT2D eigenvalue weighted by Crippen LogP contribution is 2.32. The molecule has 0 saturated heterocycles. The summed E-state index contributed by atoms with van der Waals surface area (Å²) in [4.78, 5) is 14.4. The molecular weight excluding hydrogens is 390 g/mol. The average molecular weight is 403 g/mol. The first-order chi connectivity index (χ1) is 9.11. The van der Waals surface area contributed by atoms with Gasteiger partial charge >= 0.3 is 0 Å².